The zero-order chi connectivity index (χ0) is 18.7. The van der Waals surface area contributed by atoms with Gasteiger partial charge in [0.2, 0.25) is 15.9 Å². The molecule has 1 aromatic carbocycles. The molecule has 1 saturated heterocycles. The molecule has 0 bridgehead atoms. The number of carbonyl (C=O) groups excluding carboxylic acids is 1. The number of halogens is 1. The van der Waals surface area contributed by atoms with E-state index in [2.05, 4.69) is 0 Å². The number of rotatable bonds is 5. The summed E-state index contributed by atoms with van der Waals surface area (Å²) in [7, 11) is -1.70. The van der Waals surface area contributed by atoms with Crippen molar-refractivity contribution in [2.24, 2.45) is 5.92 Å². The van der Waals surface area contributed by atoms with E-state index in [0.29, 0.717) is 32.0 Å². The summed E-state index contributed by atoms with van der Waals surface area (Å²) in [6, 6.07) is 6.29. The summed E-state index contributed by atoms with van der Waals surface area (Å²) in [4.78, 5) is 14.6. The highest BCUT2D eigenvalue weighted by molar-refractivity contribution is 7.88. The van der Waals surface area contributed by atoms with Gasteiger partial charge in [0.05, 0.1) is 5.75 Å². The Morgan fingerprint density at radius 1 is 1.15 bits per heavy atom. The Balaban J connectivity index is 1.57. The first kappa shape index (κ1) is 19.3. The molecule has 5 nitrogen and oxygen atoms in total. The molecule has 7 heteroatoms. The Kier molecular flexibility index (Phi) is 5.97. The molecule has 1 aliphatic carbocycles. The van der Waals surface area contributed by atoms with Gasteiger partial charge in [0, 0.05) is 37.7 Å². The normalized spacial score (nSPS) is 20.4. The van der Waals surface area contributed by atoms with E-state index in [0.717, 1.165) is 12.8 Å². The summed E-state index contributed by atoms with van der Waals surface area (Å²) in [5, 5.41) is 0. The molecule has 2 fully saturated rings. The maximum atomic E-state index is 13.8. The number of piperidine rings is 1. The first-order chi connectivity index (χ1) is 12.4. The molecule has 1 aliphatic heterocycles. The highest BCUT2D eigenvalue weighted by Crippen LogP contribution is 2.27. The lowest BCUT2D eigenvalue weighted by Crippen LogP contribution is -2.45. The number of benzene rings is 1. The van der Waals surface area contributed by atoms with Crippen molar-refractivity contribution in [3.63, 3.8) is 0 Å². The van der Waals surface area contributed by atoms with Crippen molar-refractivity contribution >= 4 is 15.9 Å². The Morgan fingerprint density at radius 3 is 2.38 bits per heavy atom. The van der Waals surface area contributed by atoms with Crippen LogP contribution in [-0.2, 0) is 20.6 Å². The molecule has 0 spiro atoms. The van der Waals surface area contributed by atoms with Gasteiger partial charge in [0.25, 0.3) is 0 Å². The van der Waals surface area contributed by atoms with E-state index in [9.17, 15) is 17.6 Å². The predicted molar refractivity (Wildman–Crippen MR) is 98.3 cm³/mol. The van der Waals surface area contributed by atoms with Gasteiger partial charge in [-0.05, 0) is 31.7 Å². The average Bonchev–Trinajstić information content (AvgIpc) is 3.17. The largest absolute Gasteiger partial charge is 0.343 e. The summed E-state index contributed by atoms with van der Waals surface area (Å²) in [6.45, 7) is 0.650. The van der Waals surface area contributed by atoms with Crippen LogP contribution in [0.15, 0.2) is 24.3 Å². The van der Waals surface area contributed by atoms with Crippen molar-refractivity contribution in [1.29, 1.82) is 0 Å². The monoisotopic (exact) mass is 382 g/mol. The highest BCUT2D eigenvalue weighted by atomic mass is 32.2. The van der Waals surface area contributed by atoms with Gasteiger partial charge in [-0.15, -0.1) is 0 Å². The number of carbonyl (C=O) groups is 1. The van der Waals surface area contributed by atoms with Gasteiger partial charge in [-0.2, -0.15) is 0 Å². The number of amides is 1. The maximum absolute atomic E-state index is 13.8. The van der Waals surface area contributed by atoms with Crippen molar-refractivity contribution in [1.82, 2.24) is 9.21 Å². The van der Waals surface area contributed by atoms with Gasteiger partial charge >= 0.3 is 0 Å². The van der Waals surface area contributed by atoms with Gasteiger partial charge in [0.1, 0.15) is 5.82 Å². The van der Waals surface area contributed by atoms with Gasteiger partial charge < -0.3 is 4.90 Å². The van der Waals surface area contributed by atoms with E-state index < -0.39 is 15.8 Å². The lowest BCUT2D eigenvalue weighted by molar-refractivity contribution is -0.137. The van der Waals surface area contributed by atoms with Gasteiger partial charge in [-0.3, -0.25) is 4.79 Å². The van der Waals surface area contributed by atoms with Gasteiger partial charge in [-0.25, -0.2) is 17.1 Å². The van der Waals surface area contributed by atoms with Crippen LogP contribution in [0.1, 0.15) is 44.1 Å². The van der Waals surface area contributed by atoms with Crippen LogP contribution in [-0.4, -0.2) is 49.7 Å². The summed E-state index contributed by atoms with van der Waals surface area (Å²) in [5.74, 6) is -0.803. The third-order valence-electron chi connectivity index (χ3n) is 5.71. The molecule has 1 aromatic rings. The van der Waals surface area contributed by atoms with E-state index in [1.54, 1.807) is 12.1 Å². The van der Waals surface area contributed by atoms with Gasteiger partial charge in [-0.1, -0.05) is 31.0 Å². The number of nitrogens with zero attached hydrogens (tertiary/aromatic N) is 2. The second-order valence-corrected chi connectivity index (χ2v) is 9.38. The second kappa shape index (κ2) is 8.05. The molecule has 3 rings (SSSR count). The molecule has 2 aliphatic rings. The molecule has 1 heterocycles. The van der Waals surface area contributed by atoms with E-state index >= 15 is 0 Å². The molecule has 26 heavy (non-hydrogen) atoms. The van der Waals surface area contributed by atoms with Crippen LogP contribution >= 0.6 is 0 Å². The van der Waals surface area contributed by atoms with Crippen molar-refractivity contribution in [3.05, 3.63) is 35.6 Å². The van der Waals surface area contributed by atoms with Crippen LogP contribution < -0.4 is 0 Å². The quantitative estimate of drug-likeness (QED) is 0.787. The molecular formula is C19H27FN2O3S. The molecule has 0 atom stereocenters. The molecule has 0 unspecified atom stereocenters. The lowest BCUT2D eigenvalue weighted by atomic mass is 9.96. The lowest BCUT2D eigenvalue weighted by Gasteiger charge is -2.34. The van der Waals surface area contributed by atoms with Crippen molar-refractivity contribution < 1.29 is 17.6 Å². The average molecular weight is 383 g/mol. The Hall–Kier alpha value is -1.47. The fourth-order valence-corrected chi connectivity index (χ4v) is 5.62. The first-order valence-corrected chi connectivity index (χ1v) is 11.0. The second-order valence-electron chi connectivity index (χ2n) is 7.41. The van der Waals surface area contributed by atoms with E-state index in [-0.39, 0.29) is 23.1 Å². The predicted octanol–water partition coefficient (Wildman–Crippen LogP) is 2.77. The van der Waals surface area contributed by atoms with Crippen LogP contribution in [0.2, 0.25) is 0 Å². The van der Waals surface area contributed by atoms with Crippen LogP contribution in [0.25, 0.3) is 0 Å². The minimum absolute atomic E-state index is 0.111. The summed E-state index contributed by atoms with van der Waals surface area (Å²) < 4.78 is 40.3. The Bertz CT molecular complexity index is 739. The van der Waals surface area contributed by atoms with Crippen LogP contribution in [0.4, 0.5) is 4.39 Å². The zero-order valence-corrected chi connectivity index (χ0v) is 16.0. The topological polar surface area (TPSA) is 57.7 Å². The summed E-state index contributed by atoms with van der Waals surface area (Å²) in [5.41, 5.74) is 0.187. The fourth-order valence-electron chi connectivity index (χ4n) is 4.04. The van der Waals surface area contributed by atoms with Crippen LogP contribution in [0, 0.1) is 11.7 Å². The smallest absolute Gasteiger partial charge is 0.225 e. The number of hydrogen-bond acceptors (Lipinski definition) is 3. The summed E-state index contributed by atoms with van der Waals surface area (Å²) >= 11 is 0. The minimum Gasteiger partial charge on any atom is -0.343 e. The Labute approximate surface area is 155 Å². The van der Waals surface area contributed by atoms with E-state index in [1.165, 1.54) is 29.3 Å². The summed E-state index contributed by atoms with van der Waals surface area (Å²) in [6.07, 6.45) is 5.55. The third kappa shape index (κ3) is 4.26. The van der Waals surface area contributed by atoms with Crippen molar-refractivity contribution in [2.75, 3.05) is 20.1 Å². The minimum atomic E-state index is -3.58. The van der Waals surface area contributed by atoms with Crippen LogP contribution in [0.3, 0.4) is 0 Å². The standard InChI is InChI=1S/C19H27FN2O3S/c1-21(17-7-3-4-8-17)19(23)15-10-12-22(13-11-15)26(24,25)14-16-6-2-5-9-18(16)20/h2,5-6,9,15,17H,3-4,7-8,10-14H2,1H3. The highest BCUT2D eigenvalue weighted by Gasteiger charge is 2.34. The number of sulfonamides is 1. The van der Waals surface area contributed by atoms with Crippen molar-refractivity contribution in [3.8, 4) is 0 Å². The first-order valence-electron chi connectivity index (χ1n) is 9.36. The molecule has 144 valence electrons. The maximum Gasteiger partial charge on any atom is 0.225 e. The third-order valence-corrected chi connectivity index (χ3v) is 7.54. The molecular weight excluding hydrogens is 355 g/mol. The molecule has 1 saturated carbocycles. The van der Waals surface area contributed by atoms with Crippen molar-refractivity contribution in [2.45, 2.75) is 50.3 Å². The van der Waals surface area contributed by atoms with Crippen LogP contribution in [0.5, 0.6) is 0 Å². The van der Waals surface area contributed by atoms with E-state index in [1.807, 2.05) is 11.9 Å². The molecule has 0 aromatic heterocycles. The number of hydrogen-bond donors (Lipinski definition) is 0. The molecule has 0 N–H and O–H groups in total. The fraction of sp³-hybridized carbons (Fsp3) is 0.632. The zero-order valence-electron chi connectivity index (χ0n) is 15.2. The Morgan fingerprint density at radius 2 is 1.77 bits per heavy atom. The molecule has 1 amide bonds. The van der Waals surface area contributed by atoms with Gasteiger partial charge in [0.15, 0.2) is 0 Å². The van der Waals surface area contributed by atoms with E-state index in [4.69, 9.17) is 0 Å². The SMILES string of the molecule is CN(C(=O)C1CCN(S(=O)(=O)Cc2ccccc2F)CC1)C1CCCC1. The molecule has 0 radical (unpaired) electrons.